The number of aryl methyl sites for hydroxylation is 2. The molecule has 1 aliphatic heterocycles. The maximum Gasteiger partial charge on any atom is 0.225 e. The minimum absolute atomic E-state index is 0.0476. The van der Waals surface area contributed by atoms with E-state index in [1.807, 2.05) is 31.3 Å². The Hall–Kier alpha value is -3.33. The van der Waals surface area contributed by atoms with Gasteiger partial charge in [0.15, 0.2) is 5.65 Å². The Morgan fingerprint density at radius 3 is 2.83 bits per heavy atom. The van der Waals surface area contributed by atoms with Crippen molar-refractivity contribution in [2.24, 2.45) is 5.92 Å². The molecule has 1 atom stereocenters. The van der Waals surface area contributed by atoms with Gasteiger partial charge in [0.2, 0.25) is 5.91 Å². The minimum atomic E-state index is -0.281. The van der Waals surface area contributed by atoms with Crippen LogP contribution in [0.25, 0.3) is 16.7 Å². The molecule has 2 aromatic carbocycles. The molecule has 1 amide bonds. The molecule has 1 saturated heterocycles. The maximum atomic E-state index is 14.1. The van der Waals surface area contributed by atoms with E-state index in [-0.39, 0.29) is 17.6 Å². The van der Waals surface area contributed by atoms with E-state index in [2.05, 4.69) is 47.3 Å². The zero-order chi connectivity index (χ0) is 24.5. The first-order valence-electron chi connectivity index (χ1n) is 11.6. The summed E-state index contributed by atoms with van der Waals surface area (Å²) in [6, 6.07) is 11.1. The number of halogens is 2. The van der Waals surface area contributed by atoms with Crippen LogP contribution in [0.1, 0.15) is 29.5 Å². The summed E-state index contributed by atoms with van der Waals surface area (Å²) in [4.78, 5) is 23.9. The zero-order valence-electron chi connectivity index (χ0n) is 19.6. The number of hydrogen-bond donors (Lipinski definition) is 1. The van der Waals surface area contributed by atoms with Crippen molar-refractivity contribution in [3.63, 3.8) is 0 Å². The molecule has 2 aromatic heterocycles. The molecular formula is C26H26BrFN6O. The summed E-state index contributed by atoms with van der Waals surface area (Å²) in [5, 5.41) is 8.40. The first-order valence-corrected chi connectivity index (χ1v) is 12.4. The van der Waals surface area contributed by atoms with Crippen molar-refractivity contribution < 1.29 is 9.18 Å². The molecule has 0 aliphatic carbocycles. The third kappa shape index (κ3) is 4.91. The van der Waals surface area contributed by atoms with Crippen LogP contribution in [0.2, 0.25) is 0 Å². The van der Waals surface area contributed by atoms with Gasteiger partial charge in [-0.05, 0) is 61.6 Å². The number of amides is 1. The number of carbonyl (C=O) groups is 1. The van der Waals surface area contributed by atoms with Gasteiger partial charge in [-0.3, -0.25) is 4.79 Å². The second kappa shape index (κ2) is 9.73. The molecular weight excluding hydrogens is 511 g/mol. The molecule has 0 unspecified atom stereocenters. The molecule has 1 aliphatic rings. The molecule has 0 saturated carbocycles. The molecule has 0 spiro atoms. The first-order chi connectivity index (χ1) is 16.9. The van der Waals surface area contributed by atoms with Crippen LogP contribution in [0.5, 0.6) is 0 Å². The van der Waals surface area contributed by atoms with E-state index in [0.29, 0.717) is 30.0 Å². The number of hydrogen-bond acceptors (Lipinski definition) is 5. The second-order valence-electron chi connectivity index (χ2n) is 9.03. The molecule has 0 bridgehead atoms. The van der Waals surface area contributed by atoms with Gasteiger partial charge < -0.3 is 10.2 Å². The fraction of sp³-hybridized carbons (Fsp3) is 0.308. The smallest absolute Gasteiger partial charge is 0.225 e. The van der Waals surface area contributed by atoms with E-state index in [1.54, 1.807) is 17.7 Å². The fourth-order valence-electron chi connectivity index (χ4n) is 4.47. The largest absolute Gasteiger partial charge is 0.355 e. The highest BCUT2D eigenvalue weighted by Gasteiger charge is 2.28. The highest BCUT2D eigenvalue weighted by molar-refractivity contribution is 9.10. The Balaban J connectivity index is 1.33. The molecule has 3 heterocycles. The standard InChI is InChI=1S/C26H26BrFN6O/c1-16-5-7-20(11-23(16)28)34-14-21-24(32-34)30-15-31-25(21)33-9-3-4-19(13-33)26(35)29-12-18-6-8-22(27)17(2)10-18/h5-8,10-11,14-15,19H,3-4,9,12-13H2,1-2H3,(H,29,35)/t19-/m0/s1. The van der Waals surface area contributed by atoms with Gasteiger partial charge in [-0.1, -0.05) is 34.1 Å². The van der Waals surface area contributed by atoms with Gasteiger partial charge in [0.25, 0.3) is 0 Å². The van der Waals surface area contributed by atoms with Crippen molar-refractivity contribution in [2.75, 3.05) is 18.0 Å². The van der Waals surface area contributed by atoms with E-state index in [1.165, 1.54) is 12.4 Å². The monoisotopic (exact) mass is 536 g/mol. The number of nitrogens with one attached hydrogen (secondary N) is 1. The molecule has 9 heteroatoms. The third-order valence-corrected chi connectivity index (χ3v) is 7.39. The number of carbonyl (C=O) groups excluding carboxylic acids is 1. The second-order valence-corrected chi connectivity index (χ2v) is 9.88. The van der Waals surface area contributed by atoms with Crippen molar-refractivity contribution >= 4 is 38.7 Å². The number of rotatable bonds is 5. The van der Waals surface area contributed by atoms with E-state index in [0.717, 1.165) is 46.2 Å². The van der Waals surface area contributed by atoms with Gasteiger partial charge in [0.05, 0.1) is 17.0 Å². The molecule has 7 nitrogen and oxygen atoms in total. The van der Waals surface area contributed by atoms with Crippen molar-refractivity contribution in [1.82, 2.24) is 25.1 Å². The van der Waals surface area contributed by atoms with Crippen molar-refractivity contribution in [3.05, 3.63) is 75.9 Å². The minimum Gasteiger partial charge on any atom is -0.355 e. The quantitative estimate of drug-likeness (QED) is 0.394. The van der Waals surface area contributed by atoms with Gasteiger partial charge in [-0.15, -0.1) is 5.10 Å². The Bertz CT molecular complexity index is 1400. The first kappa shape index (κ1) is 23.4. The van der Waals surface area contributed by atoms with Gasteiger partial charge in [0, 0.05) is 30.3 Å². The Kier molecular flexibility index (Phi) is 6.51. The molecule has 0 radical (unpaired) electrons. The Labute approximate surface area is 211 Å². The van der Waals surface area contributed by atoms with Crippen LogP contribution in [0.15, 0.2) is 53.4 Å². The number of aromatic nitrogens is 4. The SMILES string of the molecule is Cc1ccc(-n2cc3c(N4CCC[C@H](C(=O)NCc5ccc(Br)c(C)c5)C4)ncnc3n2)cc1F. The van der Waals surface area contributed by atoms with Crippen LogP contribution in [0.3, 0.4) is 0 Å². The normalized spacial score (nSPS) is 16.0. The third-order valence-electron chi connectivity index (χ3n) is 6.50. The summed E-state index contributed by atoms with van der Waals surface area (Å²) in [5.74, 6) is 0.379. The predicted molar refractivity (Wildman–Crippen MR) is 137 cm³/mol. The zero-order valence-corrected chi connectivity index (χ0v) is 21.2. The summed E-state index contributed by atoms with van der Waals surface area (Å²) in [6.45, 7) is 5.63. The molecule has 1 N–H and O–H groups in total. The average Bonchev–Trinajstić information content (AvgIpc) is 3.31. The summed E-state index contributed by atoms with van der Waals surface area (Å²) < 4.78 is 16.8. The van der Waals surface area contributed by atoms with Crippen LogP contribution >= 0.6 is 15.9 Å². The van der Waals surface area contributed by atoms with Crippen LogP contribution in [-0.4, -0.2) is 38.7 Å². The van der Waals surface area contributed by atoms with E-state index in [4.69, 9.17) is 0 Å². The molecule has 5 rings (SSSR count). The van der Waals surface area contributed by atoms with Crippen molar-refractivity contribution in [2.45, 2.75) is 33.2 Å². The average molecular weight is 537 g/mol. The summed E-state index contributed by atoms with van der Waals surface area (Å²) >= 11 is 3.51. The van der Waals surface area contributed by atoms with Crippen LogP contribution in [0, 0.1) is 25.6 Å². The summed E-state index contributed by atoms with van der Waals surface area (Å²) in [7, 11) is 0. The van der Waals surface area contributed by atoms with Gasteiger partial charge in [-0.25, -0.2) is 19.0 Å². The van der Waals surface area contributed by atoms with Crippen molar-refractivity contribution in [3.8, 4) is 5.69 Å². The highest BCUT2D eigenvalue weighted by Crippen LogP contribution is 2.28. The van der Waals surface area contributed by atoms with E-state index >= 15 is 0 Å². The summed E-state index contributed by atoms with van der Waals surface area (Å²) in [6.07, 6.45) is 5.04. The number of nitrogens with zero attached hydrogens (tertiary/aromatic N) is 5. The van der Waals surface area contributed by atoms with E-state index < -0.39 is 0 Å². The highest BCUT2D eigenvalue weighted by atomic mass is 79.9. The molecule has 180 valence electrons. The number of anilines is 1. The molecule has 1 fully saturated rings. The van der Waals surface area contributed by atoms with Crippen LogP contribution < -0.4 is 10.2 Å². The van der Waals surface area contributed by atoms with E-state index in [9.17, 15) is 9.18 Å². The van der Waals surface area contributed by atoms with Gasteiger partial charge in [-0.2, -0.15) is 0 Å². The lowest BCUT2D eigenvalue weighted by Crippen LogP contribution is -2.43. The van der Waals surface area contributed by atoms with Gasteiger partial charge >= 0.3 is 0 Å². The summed E-state index contributed by atoms with van der Waals surface area (Å²) in [5.41, 5.74) is 3.95. The number of piperidine rings is 1. The molecule has 35 heavy (non-hydrogen) atoms. The number of benzene rings is 2. The van der Waals surface area contributed by atoms with Crippen LogP contribution in [0.4, 0.5) is 10.2 Å². The van der Waals surface area contributed by atoms with Crippen LogP contribution in [-0.2, 0) is 11.3 Å². The lowest BCUT2D eigenvalue weighted by atomic mass is 9.97. The number of fused-ring (bicyclic) bond motifs is 1. The predicted octanol–water partition coefficient (Wildman–Crippen LogP) is 4.87. The topological polar surface area (TPSA) is 75.9 Å². The Morgan fingerprint density at radius 2 is 2.03 bits per heavy atom. The Morgan fingerprint density at radius 1 is 1.17 bits per heavy atom. The fourth-order valence-corrected chi connectivity index (χ4v) is 4.71. The lowest BCUT2D eigenvalue weighted by molar-refractivity contribution is -0.125. The maximum absolute atomic E-state index is 14.1. The lowest BCUT2D eigenvalue weighted by Gasteiger charge is -2.33. The van der Waals surface area contributed by atoms with Gasteiger partial charge in [0.1, 0.15) is 18.0 Å². The molecule has 4 aromatic rings. The van der Waals surface area contributed by atoms with Crippen molar-refractivity contribution in [1.29, 1.82) is 0 Å².